The number of thiazole rings is 1. The van der Waals surface area contributed by atoms with Crippen LogP contribution < -0.4 is 10.2 Å². The highest BCUT2D eigenvalue weighted by molar-refractivity contribution is 7.16. The Balaban J connectivity index is 0.952. The number of rotatable bonds is 15. The largest absolute Gasteiger partial charge is 0.506 e. The summed E-state index contributed by atoms with van der Waals surface area (Å²) in [7, 11) is 0. The van der Waals surface area contributed by atoms with Gasteiger partial charge in [-0.2, -0.15) is 0 Å². The SMILES string of the molecule is CC(C)c1cc(C(=O)N2CCOC3(CCN(CCCCCCCNC[C@H](OC=O)c4ccc(O)c5[nH]c(=O)sc45)CC3)C2)cs1. The molecule has 2 aliphatic rings. The second-order valence-corrected chi connectivity index (χ2v) is 14.5. The van der Waals surface area contributed by atoms with E-state index in [0.29, 0.717) is 54.4 Å². The molecule has 2 saturated heterocycles. The van der Waals surface area contributed by atoms with Gasteiger partial charge in [0.2, 0.25) is 0 Å². The van der Waals surface area contributed by atoms with E-state index in [-0.39, 0.29) is 22.1 Å². The molecule has 0 unspecified atom stereocenters. The lowest BCUT2D eigenvalue weighted by atomic mass is 9.89. The third kappa shape index (κ3) is 8.53. The van der Waals surface area contributed by atoms with Crippen LogP contribution in [-0.4, -0.2) is 90.3 Å². The van der Waals surface area contributed by atoms with Crippen molar-refractivity contribution in [1.29, 1.82) is 0 Å². The van der Waals surface area contributed by atoms with Crippen molar-refractivity contribution < 1.29 is 24.2 Å². The molecule has 1 aromatic carbocycles. The van der Waals surface area contributed by atoms with Crippen LogP contribution in [0.2, 0.25) is 0 Å². The Bertz CT molecular complexity index is 1480. The number of aromatic amines is 1. The number of morpholine rings is 1. The van der Waals surface area contributed by atoms with Crippen molar-refractivity contribution in [1.82, 2.24) is 20.1 Å². The van der Waals surface area contributed by atoms with Crippen molar-refractivity contribution in [2.24, 2.45) is 0 Å². The Kier molecular flexibility index (Phi) is 11.7. The molecule has 2 fully saturated rings. The average molecular weight is 659 g/mol. The van der Waals surface area contributed by atoms with Crippen LogP contribution in [0.4, 0.5) is 0 Å². The standard InChI is InChI=1S/C33H46N4O6S2/c1-23(2)28-18-24(20-44-28)31(40)37-16-17-43-33(21-37)10-14-36(15-11-33)13-7-5-3-4-6-12-34-19-27(42-22-38)25-8-9-26(39)29-30(25)45-32(41)35-29/h8-9,18,20,22-23,27,34,39H,3-7,10-17,19,21H2,1-2H3,(H,35,41)/t27-/m0/s1. The molecule has 1 atom stereocenters. The van der Waals surface area contributed by atoms with Crippen LogP contribution in [0.5, 0.6) is 5.75 Å². The summed E-state index contributed by atoms with van der Waals surface area (Å²) in [5.41, 5.74) is 1.69. The van der Waals surface area contributed by atoms with E-state index < -0.39 is 6.10 Å². The molecule has 2 aliphatic heterocycles. The van der Waals surface area contributed by atoms with Crippen molar-refractivity contribution in [3.05, 3.63) is 49.3 Å². The molecular weight excluding hydrogens is 613 g/mol. The van der Waals surface area contributed by atoms with Crippen LogP contribution in [0.25, 0.3) is 10.2 Å². The van der Waals surface area contributed by atoms with E-state index in [4.69, 9.17) is 9.47 Å². The Morgan fingerprint density at radius 2 is 1.96 bits per heavy atom. The third-order valence-corrected chi connectivity index (χ3v) is 11.2. The van der Waals surface area contributed by atoms with E-state index in [0.717, 1.165) is 68.8 Å². The molecule has 3 aromatic rings. The summed E-state index contributed by atoms with van der Waals surface area (Å²) in [5.74, 6) is 0.582. The fourth-order valence-corrected chi connectivity index (χ4v) is 8.21. The number of fused-ring (bicyclic) bond motifs is 1. The molecule has 2 aromatic heterocycles. The zero-order chi connectivity index (χ0) is 31.8. The second kappa shape index (κ2) is 15.7. The smallest absolute Gasteiger partial charge is 0.305 e. The Morgan fingerprint density at radius 3 is 2.71 bits per heavy atom. The number of likely N-dealkylation sites (tertiary alicyclic amines) is 1. The lowest BCUT2D eigenvalue weighted by Crippen LogP contribution is -2.58. The number of benzene rings is 1. The van der Waals surface area contributed by atoms with Crippen molar-refractivity contribution >= 4 is 45.3 Å². The van der Waals surface area contributed by atoms with Gasteiger partial charge < -0.3 is 34.7 Å². The van der Waals surface area contributed by atoms with Gasteiger partial charge in [-0.3, -0.25) is 14.4 Å². The lowest BCUT2D eigenvalue weighted by Gasteiger charge is -2.47. The number of carbonyl (C=O) groups excluding carboxylic acids is 2. The number of H-pyrrole nitrogens is 1. The van der Waals surface area contributed by atoms with Crippen LogP contribution in [0.3, 0.4) is 0 Å². The van der Waals surface area contributed by atoms with E-state index in [1.54, 1.807) is 17.4 Å². The van der Waals surface area contributed by atoms with Gasteiger partial charge in [0.1, 0.15) is 17.4 Å². The first-order valence-corrected chi connectivity index (χ1v) is 17.9. The number of aromatic hydroxyl groups is 1. The average Bonchev–Trinajstić information content (AvgIpc) is 3.69. The van der Waals surface area contributed by atoms with Gasteiger partial charge in [0.15, 0.2) is 0 Å². The van der Waals surface area contributed by atoms with E-state index in [2.05, 4.69) is 35.1 Å². The Hall–Kier alpha value is -2.77. The first-order chi connectivity index (χ1) is 21.8. The first kappa shape index (κ1) is 33.6. The second-order valence-electron chi connectivity index (χ2n) is 12.6. The maximum atomic E-state index is 13.2. The summed E-state index contributed by atoms with van der Waals surface area (Å²) >= 11 is 2.68. The number of unbranched alkanes of at least 4 members (excludes halogenated alkanes) is 4. The van der Waals surface area contributed by atoms with E-state index >= 15 is 0 Å². The minimum Gasteiger partial charge on any atom is -0.506 e. The molecule has 0 radical (unpaired) electrons. The van der Waals surface area contributed by atoms with E-state index in [1.165, 1.54) is 30.2 Å². The van der Waals surface area contributed by atoms with Gasteiger partial charge in [-0.25, -0.2) is 0 Å². The number of thiophene rings is 1. The van der Waals surface area contributed by atoms with E-state index in [9.17, 15) is 19.5 Å². The monoisotopic (exact) mass is 658 g/mol. The summed E-state index contributed by atoms with van der Waals surface area (Å²) in [6, 6.07) is 5.27. The van der Waals surface area contributed by atoms with Crippen LogP contribution in [0, 0.1) is 0 Å². The van der Waals surface area contributed by atoms with Crippen molar-refractivity contribution in [2.45, 2.75) is 76.4 Å². The van der Waals surface area contributed by atoms with Crippen molar-refractivity contribution in [2.75, 3.05) is 52.4 Å². The molecule has 0 saturated carbocycles. The fraction of sp³-hybridized carbons (Fsp3) is 0.606. The number of hydrogen-bond donors (Lipinski definition) is 3. The van der Waals surface area contributed by atoms with E-state index in [1.807, 2.05) is 10.3 Å². The van der Waals surface area contributed by atoms with Crippen molar-refractivity contribution in [3.8, 4) is 5.75 Å². The zero-order valence-corrected chi connectivity index (χ0v) is 28.0. The zero-order valence-electron chi connectivity index (χ0n) is 26.3. The molecular formula is C33H46N4O6S2. The third-order valence-electron chi connectivity index (χ3n) is 9.05. The number of ether oxygens (including phenoxy) is 2. The molecule has 12 heteroatoms. The molecule has 0 aliphatic carbocycles. The number of phenolic OH excluding ortho intramolecular Hbond substituents is 1. The summed E-state index contributed by atoms with van der Waals surface area (Å²) in [4.78, 5) is 44.4. The number of carbonyl (C=O) groups is 2. The van der Waals surface area contributed by atoms with Crippen LogP contribution in [0.1, 0.15) is 91.6 Å². The highest BCUT2D eigenvalue weighted by atomic mass is 32.1. The minimum atomic E-state index is -0.540. The molecule has 0 bridgehead atoms. The maximum absolute atomic E-state index is 13.2. The highest BCUT2D eigenvalue weighted by Gasteiger charge is 2.41. The predicted octanol–water partition coefficient (Wildman–Crippen LogP) is 5.24. The van der Waals surface area contributed by atoms with Crippen LogP contribution in [0.15, 0.2) is 28.4 Å². The number of phenols is 1. The Morgan fingerprint density at radius 1 is 1.18 bits per heavy atom. The Labute approximate surface area is 272 Å². The topological polar surface area (TPSA) is 124 Å². The van der Waals surface area contributed by atoms with Crippen LogP contribution >= 0.6 is 22.7 Å². The predicted molar refractivity (Wildman–Crippen MR) is 179 cm³/mol. The van der Waals surface area contributed by atoms with Crippen molar-refractivity contribution in [3.63, 3.8) is 0 Å². The van der Waals surface area contributed by atoms with Gasteiger partial charge in [0.25, 0.3) is 12.4 Å². The summed E-state index contributed by atoms with van der Waals surface area (Å²) in [6.07, 6.45) is 7.08. The normalized spacial score (nSPS) is 17.7. The number of hydrogen-bond acceptors (Lipinski definition) is 10. The molecule has 5 rings (SSSR count). The van der Waals surface area contributed by atoms with Gasteiger partial charge in [-0.1, -0.05) is 50.5 Å². The molecule has 246 valence electrons. The molecule has 10 nitrogen and oxygen atoms in total. The first-order valence-electron chi connectivity index (χ1n) is 16.2. The molecule has 1 amide bonds. The van der Waals surface area contributed by atoms with Gasteiger partial charge in [0.05, 0.1) is 29.0 Å². The molecule has 4 heterocycles. The molecule has 3 N–H and O–H groups in total. The van der Waals surface area contributed by atoms with Gasteiger partial charge in [-0.05, 0) is 56.8 Å². The van der Waals surface area contributed by atoms with Gasteiger partial charge >= 0.3 is 4.87 Å². The van der Waals surface area contributed by atoms with Crippen LogP contribution in [-0.2, 0) is 14.3 Å². The number of piperidine rings is 1. The van der Waals surface area contributed by atoms with Gasteiger partial charge in [-0.15, -0.1) is 11.3 Å². The quantitative estimate of drug-likeness (QED) is 0.150. The summed E-state index contributed by atoms with van der Waals surface area (Å²) in [5, 5.41) is 15.4. The minimum absolute atomic E-state index is 0.00180. The fourth-order valence-electron chi connectivity index (χ4n) is 6.40. The number of nitrogens with zero attached hydrogens (tertiary/aromatic N) is 2. The molecule has 45 heavy (non-hydrogen) atoms. The lowest BCUT2D eigenvalue weighted by molar-refractivity contribution is -0.133. The summed E-state index contributed by atoms with van der Waals surface area (Å²) < 4.78 is 12.2. The molecule has 1 spiro atoms. The summed E-state index contributed by atoms with van der Waals surface area (Å²) in [6.45, 7) is 11.1. The maximum Gasteiger partial charge on any atom is 0.305 e. The highest BCUT2D eigenvalue weighted by Crippen LogP contribution is 2.33. The number of amides is 1. The van der Waals surface area contributed by atoms with Gasteiger partial charge in [0, 0.05) is 42.0 Å². The number of nitrogens with one attached hydrogen (secondary N) is 2. The number of aromatic nitrogens is 1.